The van der Waals surface area contributed by atoms with Crippen LogP contribution < -0.4 is 14.8 Å². The first kappa shape index (κ1) is 17.4. The molecule has 2 aromatic carbocycles. The number of amides is 1. The van der Waals surface area contributed by atoms with Crippen molar-refractivity contribution in [1.29, 1.82) is 0 Å². The normalized spacial score (nSPS) is 12.1. The molecule has 2 heterocycles. The Morgan fingerprint density at radius 3 is 2.81 bits per heavy atom. The van der Waals surface area contributed by atoms with E-state index in [0.29, 0.717) is 46.9 Å². The number of ether oxygens (including phenoxy) is 2. The van der Waals surface area contributed by atoms with Gasteiger partial charge in [-0.25, -0.2) is 0 Å². The summed E-state index contributed by atoms with van der Waals surface area (Å²) >= 11 is 1.37. The maximum absolute atomic E-state index is 12.1. The molecule has 27 heavy (non-hydrogen) atoms. The van der Waals surface area contributed by atoms with Crippen LogP contribution >= 0.6 is 11.8 Å². The van der Waals surface area contributed by atoms with Crippen molar-refractivity contribution in [3.05, 3.63) is 60.0 Å². The molecule has 1 N–H and O–H groups in total. The highest BCUT2D eigenvalue weighted by Gasteiger charge is 2.14. The molecule has 1 aliphatic rings. The molecule has 1 aromatic heterocycles. The number of fused-ring (bicyclic) bond motifs is 1. The van der Waals surface area contributed by atoms with Crippen LogP contribution in [-0.2, 0) is 11.2 Å². The zero-order valence-corrected chi connectivity index (χ0v) is 15.2. The van der Waals surface area contributed by atoms with E-state index in [-0.39, 0.29) is 12.7 Å². The standard InChI is InChI=1S/C19H17N3O4S/c23-17(20-14-6-7-15-16(11-14)25-12-24-15)8-9-27-19-22-21-18(26-19)10-13-4-2-1-3-5-13/h1-7,11H,8-10,12H2,(H,20,23). The second kappa shape index (κ2) is 8.13. The molecule has 0 saturated carbocycles. The lowest BCUT2D eigenvalue weighted by atomic mass is 10.2. The third kappa shape index (κ3) is 4.59. The average Bonchev–Trinajstić information content (AvgIpc) is 3.31. The smallest absolute Gasteiger partial charge is 0.276 e. The second-order valence-corrected chi connectivity index (χ2v) is 6.88. The van der Waals surface area contributed by atoms with E-state index in [1.165, 1.54) is 11.8 Å². The van der Waals surface area contributed by atoms with Crippen LogP contribution in [0.2, 0.25) is 0 Å². The zero-order valence-electron chi connectivity index (χ0n) is 14.4. The van der Waals surface area contributed by atoms with Crippen LogP contribution in [-0.4, -0.2) is 28.7 Å². The first-order chi connectivity index (χ1) is 13.3. The molecule has 0 atom stereocenters. The van der Waals surface area contributed by atoms with Gasteiger partial charge in [0, 0.05) is 23.9 Å². The molecule has 138 valence electrons. The fourth-order valence-electron chi connectivity index (χ4n) is 2.57. The zero-order chi connectivity index (χ0) is 18.5. The number of nitrogens with one attached hydrogen (secondary N) is 1. The van der Waals surface area contributed by atoms with Crippen molar-refractivity contribution < 1.29 is 18.7 Å². The van der Waals surface area contributed by atoms with Gasteiger partial charge in [-0.05, 0) is 17.7 Å². The summed E-state index contributed by atoms with van der Waals surface area (Å²) in [5.74, 6) is 2.34. The fraction of sp³-hybridized carbons (Fsp3) is 0.211. The summed E-state index contributed by atoms with van der Waals surface area (Å²) in [7, 11) is 0. The maximum Gasteiger partial charge on any atom is 0.276 e. The minimum Gasteiger partial charge on any atom is -0.454 e. The Kier molecular flexibility index (Phi) is 5.24. The molecule has 0 aliphatic carbocycles. The van der Waals surface area contributed by atoms with Crippen LogP contribution in [0.4, 0.5) is 5.69 Å². The largest absolute Gasteiger partial charge is 0.454 e. The monoisotopic (exact) mass is 383 g/mol. The van der Waals surface area contributed by atoms with Crippen LogP contribution in [0.1, 0.15) is 17.9 Å². The number of hydrogen-bond donors (Lipinski definition) is 1. The van der Waals surface area contributed by atoms with E-state index in [4.69, 9.17) is 13.9 Å². The van der Waals surface area contributed by atoms with Crippen molar-refractivity contribution in [3.63, 3.8) is 0 Å². The third-order valence-corrected chi connectivity index (χ3v) is 4.68. The summed E-state index contributed by atoms with van der Waals surface area (Å²) in [6, 6.07) is 15.2. The Balaban J connectivity index is 1.23. The third-order valence-electron chi connectivity index (χ3n) is 3.86. The molecule has 4 rings (SSSR count). The van der Waals surface area contributed by atoms with Gasteiger partial charge in [0.15, 0.2) is 11.5 Å². The lowest BCUT2D eigenvalue weighted by molar-refractivity contribution is -0.115. The Morgan fingerprint density at radius 2 is 1.93 bits per heavy atom. The van der Waals surface area contributed by atoms with Gasteiger partial charge in [-0.1, -0.05) is 42.1 Å². The highest BCUT2D eigenvalue weighted by atomic mass is 32.2. The molecule has 8 heteroatoms. The summed E-state index contributed by atoms with van der Waals surface area (Å²) in [6.45, 7) is 0.208. The van der Waals surface area contributed by atoms with Gasteiger partial charge in [0.2, 0.25) is 18.6 Å². The topological polar surface area (TPSA) is 86.5 Å². The first-order valence-electron chi connectivity index (χ1n) is 8.45. The number of anilines is 1. The van der Waals surface area contributed by atoms with Crippen LogP contribution in [0, 0.1) is 0 Å². The number of thioether (sulfide) groups is 1. The number of rotatable bonds is 7. The molecule has 0 bridgehead atoms. The van der Waals surface area contributed by atoms with Crippen molar-refractivity contribution in [3.8, 4) is 11.5 Å². The number of carbonyl (C=O) groups excluding carboxylic acids is 1. The summed E-state index contributed by atoms with van der Waals surface area (Å²) < 4.78 is 16.2. The van der Waals surface area contributed by atoms with Gasteiger partial charge in [-0.2, -0.15) is 0 Å². The van der Waals surface area contributed by atoms with Crippen molar-refractivity contribution >= 4 is 23.4 Å². The first-order valence-corrected chi connectivity index (χ1v) is 9.43. The van der Waals surface area contributed by atoms with Crippen LogP contribution in [0.5, 0.6) is 11.5 Å². The van der Waals surface area contributed by atoms with Gasteiger partial charge in [-0.15, -0.1) is 10.2 Å². The highest BCUT2D eigenvalue weighted by molar-refractivity contribution is 7.99. The molecule has 0 fully saturated rings. The quantitative estimate of drug-likeness (QED) is 0.625. The predicted octanol–water partition coefficient (Wildman–Crippen LogP) is 3.51. The number of nitrogens with zero attached hydrogens (tertiary/aromatic N) is 2. The summed E-state index contributed by atoms with van der Waals surface area (Å²) in [5, 5.41) is 11.4. The second-order valence-electron chi connectivity index (χ2n) is 5.84. The van der Waals surface area contributed by atoms with Gasteiger partial charge in [0.05, 0.1) is 6.42 Å². The SMILES string of the molecule is O=C(CCSc1nnc(Cc2ccccc2)o1)Nc1ccc2c(c1)OCO2. The minimum atomic E-state index is -0.0922. The van der Waals surface area contributed by atoms with Crippen molar-refractivity contribution in [1.82, 2.24) is 10.2 Å². The molecule has 1 aliphatic heterocycles. The lowest BCUT2D eigenvalue weighted by Gasteiger charge is -2.05. The molecule has 0 saturated heterocycles. The Labute approximate surface area is 160 Å². The number of hydrogen-bond acceptors (Lipinski definition) is 7. The Hall–Kier alpha value is -3.00. The van der Waals surface area contributed by atoms with Crippen LogP contribution in [0.3, 0.4) is 0 Å². The van der Waals surface area contributed by atoms with Gasteiger partial charge >= 0.3 is 0 Å². The molecular weight excluding hydrogens is 366 g/mol. The van der Waals surface area contributed by atoms with Crippen LogP contribution in [0.25, 0.3) is 0 Å². The molecule has 1 amide bonds. The Morgan fingerprint density at radius 1 is 1.07 bits per heavy atom. The van der Waals surface area contributed by atoms with Crippen molar-refractivity contribution in [2.45, 2.75) is 18.1 Å². The number of benzene rings is 2. The molecule has 0 radical (unpaired) electrons. The minimum absolute atomic E-state index is 0.0922. The number of aromatic nitrogens is 2. The van der Waals surface area contributed by atoms with Gasteiger partial charge in [-0.3, -0.25) is 4.79 Å². The van der Waals surface area contributed by atoms with Crippen molar-refractivity contribution in [2.75, 3.05) is 17.9 Å². The van der Waals surface area contributed by atoms with E-state index in [9.17, 15) is 4.79 Å². The van der Waals surface area contributed by atoms with E-state index >= 15 is 0 Å². The van der Waals surface area contributed by atoms with Crippen molar-refractivity contribution in [2.24, 2.45) is 0 Å². The van der Waals surface area contributed by atoms with Crippen LogP contribution in [0.15, 0.2) is 58.2 Å². The van der Waals surface area contributed by atoms with Gasteiger partial charge in [0.1, 0.15) is 0 Å². The van der Waals surface area contributed by atoms with E-state index in [2.05, 4.69) is 15.5 Å². The summed E-state index contributed by atoms with van der Waals surface area (Å²) in [4.78, 5) is 12.1. The molecule has 3 aromatic rings. The van der Waals surface area contributed by atoms with E-state index in [0.717, 1.165) is 5.56 Å². The van der Waals surface area contributed by atoms with E-state index < -0.39 is 0 Å². The average molecular weight is 383 g/mol. The molecule has 7 nitrogen and oxygen atoms in total. The van der Waals surface area contributed by atoms with Gasteiger partial charge in [0.25, 0.3) is 5.22 Å². The highest BCUT2D eigenvalue weighted by Crippen LogP contribution is 2.34. The van der Waals surface area contributed by atoms with Gasteiger partial charge < -0.3 is 19.2 Å². The number of carbonyl (C=O) groups is 1. The predicted molar refractivity (Wildman–Crippen MR) is 100 cm³/mol. The fourth-order valence-corrected chi connectivity index (χ4v) is 3.28. The Bertz CT molecular complexity index is 930. The maximum atomic E-state index is 12.1. The summed E-state index contributed by atoms with van der Waals surface area (Å²) in [6.07, 6.45) is 0.925. The van der Waals surface area contributed by atoms with E-state index in [1.54, 1.807) is 18.2 Å². The molecule has 0 spiro atoms. The molecular formula is C19H17N3O4S. The lowest BCUT2D eigenvalue weighted by Crippen LogP contribution is -2.12. The van der Waals surface area contributed by atoms with E-state index in [1.807, 2.05) is 30.3 Å². The summed E-state index contributed by atoms with van der Waals surface area (Å²) in [5.41, 5.74) is 1.79. The molecule has 0 unspecified atom stereocenters.